The number of aliphatic hydroxyl groups is 1. The van der Waals surface area contributed by atoms with Crippen molar-refractivity contribution < 1.29 is 13.5 Å². The topological polar surface area (TPSA) is 66.4 Å². The molecular formula is C13H20BrNO3S. The summed E-state index contributed by atoms with van der Waals surface area (Å²) in [6, 6.07) is 6.82. The summed E-state index contributed by atoms with van der Waals surface area (Å²) in [6.45, 7) is 0.638. The summed E-state index contributed by atoms with van der Waals surface area (Å²) in [5, 5.41) is 9.34. The molecule has 6 heteroatoms. The van der Waals surface area contributed by atoms with Gasteiger partial charge in [0.1, 0.15) is 0 Å². The standard InChI is InChI=1S/C13H20BrNO3S/c14-11-12-5-7-13(8-6-12)19(17,18)15-9-3-1-2-4-10-16/h5-8,15-16H,1-4,9-11H2. The third-order valence-corrected chi connectivity index (χ3v) is 4.89. The fourth-order valence-electron chi connectivity index (χ4n) is 1.64. The molecule has 0 aromatic heterocycles. The summed E-state index contributed by atoms with van der Waals surface area (Å²) in [5.74, 6) is 0. The quantitative estimate of drug-likeness (QED) is 0.531. The minimum absolute atomic E-state index is 0.200. The molecule has 1 rings (SSSR count). The Hall–Kier alpha value is -0.430. The van der Waals surface area contributed by atoms with Crippen LogP contribution < -0.4 is 4.72 Å². The lowest BCUT2D eigenvalue weighted by Crippen LogP contribution is -2.24. The molecule has 0 amide bonds. The lowest BCUT2D eigenvalue weighted by molar-refractivity contribution is 0.282. The van der Waals surface area contributed by atoms with Crippen LogP contribution in [0.3, 0.4) is 0 Å². The summed E-state index contributed by atoms with van der Waals surface area (Å²) in [5.41, 5.74) is 1.04. The van der Waals surface area contributed by atoms with Crippen molar-refractivity contribution >= 4 is 26.0 Å². The van der Waals surface area contributed by atoms with Crippen molar-refractivity contribution in [1.29, 1.82) is 0 Å². The second-order valence-electron chi connectivity index (χ2n) is 4.31. The Kier molecular flexibility index (Phi) is 7.60. The molecule has 0 fully saturated rings. The van der Waals surface area contributed by atoms with Gasteiger partial charge in [-0.25, -0.2) is 13.1 Å². The van der Waals surface area contributed by atoms with Crippen molar-refractivity contribution in [3.05, 3.63) is 29.8 Å². The van der Waals surface area contributed by atoms with Crippen molar-refractivity contribution in [1.82, 2.24) is 4.72 Å². The molecule has 0 bridgehead atoms. The number of sulfonamides is 1. The number of halogens is 1. The smallest absolute Gasteiger partial charge is 0.240 e. The Balaban J connectivity index is 2.42. The Morgan fingerprint density at radius 2 is 1.68 bits per heavy atom. The molecule has 0 heterocycles. The van der Waals surface area contributed by atoms with Gasteiger partial charge in [0, 0.05) is 18.5 Å². The highest BCUT2D eigenvalue weighted by atomic mass is 79.9. The van der Waals surface area contributed by atoms with Gasteiger partial charge in [0.2, 0.25) is 10.0 Å². The number of rotatable bonds is 9. The first kappa shape index (κ1) is 16.6. The van der Waals surface area contributed by atoms with E-state index in [1.54, 1.807) is 24.3 Å². The first-order chi connectivity index (χ1) is 9.10. The van der Waals surface area contributed by atoms with Crippen molar-refractivity contribution in [2.45, 2.75) is 35.9 Å². The maximum absolute atomic E-state index is 12.0. The third-order valence-electron chi connectivity index (χ3n) is 2.76. The molecule has 0 aliphatic carbocycles. The second-order valence-corrected chi connectivity index (χ2v) is 6.64. The fraction of sp³-hybridized carbons (Fsp3) is 0.538. The summed E-state index contributed by atoms with van der Waals surface area (Å²) >= 11 is 3.32. The number of benzene rings is 1. The number of hydrogen-bond acceptors (Lipinski definition) is 3. The van der Waals surface area contributed by atoms with Crippen LogP contribution in [0.25, 0.3) is 0 Å². The maximum Gasteiger partial charge on any atom is 0.240 e. The van der Waals surface area contributed by atoms with Gasteiger partial charge in [-0.1, -0.05) is 40.9 Å². The van der Waals surface area contributed by atoms with Gasteiger partial charge in [-0.15, -0.1) is 0 Å². The molecule has 0 aliphatic rings. The van der Waals surface area contributed by atoms with E-state index in [1.165, 1.54) is 0 Å². The van der Waals surface area contributed by atoms with Crippen molar-refractivity contribution in [3.63, 3.8) is 0 Å². The lowest BCUT2D eigenvalue weighted by Gasteiger charge is -2.07. The molecule has 0 aliphatic heterocycles. The normalized spacial score (nSPS) is 11.7. The first-order valence-corrected chi connectivity index (χ1v) is 8.96. The molecule has 19 heavy (non-hydrogen) atoms. The molecule has 1 aromatic carbocycles. The Morgan fingerprint density at radius 3 is 2.26 bits per heavy atom. The highest BCUT2D eigenvalue weighted by molar-refractivity contribution is 9.08. The molecule has 0 saturated carbocycles. The van der Waals surface area contributed by atoms with E-state index in [1.807, 2.05) is 0 Å². The van der Waals surface area contributed by atoms with Crippen LogP contribution in [0.15, 0.2) is 29.2 Å². The molecule has 0 atom stereocenters. The molecule has 108 valence electrons. The lowest BCUT2D eigenvalue weighted by atomic mass is 10.2. The van der Waals surface area contributed by atoms with Crippen molar-refractivity contribution in [2.24, 2.45) is 0 Å². The van der Waals surface area contributed by atoms with E-state index in [0.717, 1.165) is 31.2 Å². The molecular weight excluding hydrogens is 330 g/mol. The van der Waals surface area contributed by atoms with Crippen LogP contribution in [-0.2, 0) is 15.4 Å². The number of aliphatic hydroxyl groups excluding tert-OH is 1. The highest BCUT2D eigenvalue weighted by Gasteiger charge is 2.12. The van der Waals surface area contributed by atoms with Crippen LogP contribution >= 0.6 is 15.9 Å². The molecule has 1 aromatic rings. The molecule has 4 nitrogen and oxygen atoms in total. The fourth-order valence-corrected chi connectivity index (χ4v) is 3.09. The Bertz CT molecular complexity index is 459. The van der Waals surface area contributed by atoms with Gasteiger partial charge in [-0.2, -0.15) is 0 Å². The molecule has 0 radical (unpaired) electrons. The van der Waals surface area contributed by atoms with Crippen LogP contribution in [0, 0.1) is 0 Å². The number of unbranched alkanes of at least 4 members (excludes halogenated alkanes) is 3. The Morgan fingerprint density at radius 1 is 1.05 bits per heavy atom. The summed E-state index contributed by atoms with van der Waals surface area (Å²) in [6.07, 6.45) is 3.42. The van der Waals surface area contributed by atoms with E-state index in [0.29, 0.717) is 16.8 Å². The monoisotopic (exact) mass is 349 g/mol. The van der Waals surface area contributed by atoms with Crippen molar-refractivity contribution in [3.8, 4) is 0 Å². The van der Waals surface area contributed by atoms with Crippen molar-refractivity contribution in [2.75, 3.05) is 13.2 Å². The zero-order valence-electron chi connectivity index (χ0n) is 10.8. The second kappa shape index (κ2) is 8.68. The van der Waals surface area contributed by atoms with E-state index >= 15 is 0 Å². The number of nitrogens with one attached hydrogen (secondary N) is 1. The predicted molar refractivity (Wildman–Crippen MR) is 79.8 cm³/mol. The van der Waals surface area contributed by atoms with E-state index in [-0.39, 0.29) is 6.61 Å². The number of hydrogen-bond donors (Lipinski definition) is 2. The summed E-state index contributed by atoms with van der Waals surface area (Å²) in [4.78, 5) is 0.299. The molecule has 0 saturated heterocycles. The van der Waals surface area contributed by atoms with Crippen LogP contribution in [0.1, 0.15) is 31.2 Å². The van der Waals surface area contributed by atoms with E-state index in [2.05, 4.69) is 20.7 Å². The average molecular weight is 350 g/mol. The molecule has 2 N–H and O–H groups in total. The van der Waals surface area contributed by atoms with Crippen LogP contribution in [0.5, 0.6) is 0 Å². The van der Waals surface area contributed by atoms with E-state index < -0.39 is 10.0 Å². The average Bonchev–Trinajstić information content (AvgIpc) is 2.43. The summed E-state index contributed by atoms with van der Waals surface area (Å²) in [7, 11) is -3.39. The zero-order chi connectivity index (χ0) is 14.1. The van der Waals surface area contributed by atoms with Gasteiger partial charge >= 0.3 is 0 Å². The minimum Gasteiger partial charge on any atom is -0.396 e. The van der Waals surface area contributed by atoms with Crippen LogP contribution in [-0.4, -0.2) is 26.7 Å². The molecule has 0 spiro atoms. The zero-order valence-corrected chi connectivity index (χ0v) is 13.2. The minimum atomic E-state index is -3.39. The van der Waals surface area contributed by atoms with Gasteiger partial charge < -0.3 is 5.11 Å². The van der Waals surface area contributed by atoms with Crippen LogP contribution in [0.2, 0.25) is 0 Å². The van der Waals surface area contributed by atoms with Gasteiger partial charge in [-0.05, 0) is 30.5 Å². The van der Waals surface area contributed by atoms with Crippen LogP contribution in [0.4, 0.5) is 0 Å². The van der Waals surface area contributed by atoms with Gasteiger partial charge in [-0.3, -0.25) is 0 Å². The van der Waals surface area contributed by atoms with Gasteiger partial charge in [0.15, 0.2) is 0 Å². The SMILES string of the molecule is O=S(=O)(NCCCCCCO)c1ccc(CBr)cc1. The largest absolute Gasteiger partial charge is 0.396 e. The van der Waals surface area contributed by atoms with Gasteiger partial charge in [0.25, 0.3) is 0 Å². The third kappa shape index (κ3) is 6.03. The maximum atomic E-state index is 12.0. The first-order valence-electron chi connectivity index (χ1n) is 6.35. The van der Waals surface area contributed by atoms with Gasteiger partial charge in [0.05, 0.1) is 4.90 Å². The van der Waals surface area contributed by atoms with E-state index in [9.17, 15) is 8.42 Å². The molecule has 0 unspecified atom stereocenters. The number of alkyl halides is 1. The highest BCUT2D eigenvalue weighted by Crippen LogP contribution is 2.12. The predicted octanol–water partition coefficient (Wildman–Crippen LogP) is 2.41. The van der Waals surface area contributed by atoms with E-state index in [4.69, 9.17) is 5.11 Å². The Labute approximate surface area is 123 Å². The summed E-state index contributed by atoms with van der Waals surface area (Å²) < 4.78 is 26.5.